The highest BCUT2D eigenvalue weighted by atomic mass is 32.1. The molecule has 0 aliphatic carbocycles. The van der Waals surface area contributed by atoms with Crippen molar-refractivity contribution in [2.24, 2.45) is 0 Å². The number of carboxylic acids is 1. The minimum Gasteiger partial charge on any atom is -0.477 e. The van der Waals surface area contributed by atoms with Crippen LogP contribution < -0.4 is 0 Å². The van der Waals surface area contributed by atoms with Crippen LogP contribution in [0.5, 0.6) is 0 Å². The van der Waals surface area contributed by atoms with Gasteiger partial charge in [0.1, 0.15) is 4.88 Å². The molecule has 0 amide bonds. The Kier molecular flexibility index (Phi) is 1.86. The van der Waals surface area contributed by atoms with E-state index in [9.17, 15) is 4.79 Å². The van der Waals surface area contributed by atoms with Gasteiger partial charge in [-0.05, 0) is 17.5 Å². The summed E-state index contributed by atoms with van der Waals surface area (Å²) >= 11 is 1.20. The first-order valence-electron chi connectivity index (χ1n) is 3.60. The van der Waals surface area contributed by atoms with Crippen LogP contribution in [0.3, 0.4) is 0 Å². The third kappa shape index (κ3) is 1.33. The van der Waals surface area contributed by atoms with Crippen molar-refractivity contribution in [1.82, 2.24) is 9.78 Å². The highest BCUT2D eigenvalue weighted by Crippen LogP contribution is 2.19. The Bertz CT molecular complexity index is 419. The van der Waals surface area contributed by atoms with Crippen molar-refractivity contribution in [3.8, 4) is 5.69 Å². The van der Waals surface area contributed by atoms with Crippen LogP contribution in [0.4, 0.5) is 0 Å². The summed E-state index contributed by atoms with van der Waals surface area (Å²) in [5.74, 6) is -0.916. The van der Waals surface area contributed by atoms with E-state index in [-0.39, 0.29) is 0 Å². The van der Waals surface area contributed by atoms with Crippen LogP contribution >= 0.6 is 11.3 Å². The van der Waals surface area contributed by atoms with Gasteiger partial charge >= 0.3 is 5.97 Å². The average molecular weight is 194 g/mol. The number of rotatable bonds is 2. The van der Waals surface area contributed by atoms with Crippen molar-refractivity contribution in [2.45, 2.75) is 0 Å². The van der Waals surface area contributed by atoms with Gasteiger partial charge in [0, 0.05) is 12.4 Å². The number of carboxylic acid groups (broad SMARTS) is 1. The number of carbonyl (C=O) groups is 1. The average Bonchev–Trinajstić information content (AvgIpc) is 2.74. The third-order valence-corrected chi connectivity index (χ3v) is 2.48. The summed E-state index contributed by atoms with van der Waals surface area (Å²) in [6, 6.07) is 3.49. The molecule has 0 unspecified atom stereocenters. The first kappa shape index (κ1) is 8.00. The molecule has 0 radical (unpaired) electrons. The zero-order valence-corrected chi connectivity index (χ0v) is 7.36. The number of aromatic carboxylic acids is 1. The second-order valence-corrected chi connectivity index (χ2v) is 3.31. The van der Waals surface area contributed by atoms with Crippen molar-refractivity contribution in [3.05, 3.63) is 34.8 Å². The molecule has 66 valence electrons. The lowest BCUT2D eigenvalue weighted by Gasteiger charge is -1.98. The first-order chi connectivity index (χ1) is 6.29. The summed E-state index contributed by atoms with van der Waals surface area (Å²) in [6.07, 6.45) is 3.33. The Hall–Kier alpha value is -1.62. The quantitative estimate of drug-likeness (QED) is 0.790. The lowest BCUT2D eigenvalue weighted by atomic mass is 10.4. The Balaban J connectivity index is 2.52. The van der Waals surface area contributed by atoms with Crippen molar-refractivity contribution in [2.75, 3.05) is 0 Å². The van der Waals surface area contributed by atoms with Crippen molar-refractivity contribution in [3.63, 3.8) is 0 Å². The van der Waals surface area contributed by atoms with Gasteiger partial charge in [-0.3, -0.25) is 0 Å². The molecule has 0 saturated heterocycles. The van der Waals surface area contributed by atoms with E-state index in [0.29, 0.717) is 10.6 Å². The molecule has 2 rings (SSSR count). The second-order valence-electron chi connectivity index (χ2n) is 2.39. The summed E-state index contributed by atoms with van der Waals surface area (Å²) in [4.78, 5) is 11.1. The molecule has 2 aromatic heterocycles. The topological polar surface area (TPSA) is 55.1 Å². The molecule has 13 heavy (non-hydrogen) atoms. The van der Waals surface area contributed by atoms with Gasteiger partial charge in [-0.1, -0.05) is 0 Å². The van der Waals surface area contributed by atoms with E-state index in [0.717, 1.165) is 0 Å². The van der Waals surface area contributed by atoms with E-state index in [4.69, 9.17) is 5.11 Å². The zero-order valence-electron chi connectivity index (χ0n) is 6.54. The normalized spacial score (nSPS) is 10.2. The molecule has 2 aromatic rings. The number of thiophene rings is 1. The van der Waals surface area contributed by atoms with Crippen molar-refractivity contribution in [1.29, 1.82) is 0 Å². The monoisotopic (exact) mass is 194 g/mol. The van der Waals surface area contributed by atoms with Crippen molar-refractivity contribution < 1.29 is 9.90 Å². The molecule has 0 spiro atoms. The van der Waals surface area contributed by atoms with Crippen LogP contribution in [-0.2, 0) is 0 Å². The Morgan fingerprint density at radius 3 is 3.08 bits per heavy atom. The van der Waals surface area contributed by atoms with E-state index < -0.39 is 5.97 Å². The lowest BCUT2D eigenvalue weighted by molar-refractivity contribution is 0.0702. The van der Waals surface area contributed by atoms with E-state index in [1.807, 2.05) is 0 Å². The molecule has 0 saturated carbocycles. The molecule has 0 aliphatic rings. The predicted molar refractivity (Wildman–Crippen MR) is 48.4 cm³/mol. The zero-order chi connectivity index (χ0) is 9.26. The fourth-order valence-corrected chi connectivity index (χ4v) is 1.77. The maximum atomic E-state index is 10.7. The number of nitrogens with zero attached hydrogens (tertiary/aromatic N) is 2. The molecule has 0 fully saturated rings. The van der Waals surface area contributed by atoms with Crippen LogP contribution in [0.25, 0.3) is 5.69 Å². The third-order valence-electron chi connectivity index (χ3n) is 1.59. The SMILES string of the molecule is O=C(O)c1sccc1-n1cccn1. The Labute approximate surface area is 78.1 Å². The molecule has 0 aromatic carbocycles. The van der Waals surface area contributed by atoms with Crippen LogP contribution in [0.2, 0.25) is 0 Å². The summed E-state index contributed by atoms with van der Waals surface area (Å²) in [7, 11) is 0. The van der Waals surface area contributed by atoms with Crippen LogP contribution in [0.1, 0.15) is 9.67 Å². The molecular formula is C8H6N2O2S. The van der Waals surface area contributed by atoms with Gasteiger partial charge in [-0.2, -0.15) is 5.10 Å². The summed E-state index contributed by atoms with van der Waals surface area (Å²) < 4.78 is 1.54. The first-order valence-corrected chi connectivity index (χ1v) is 4.48. The summed E-state index contributed by atoms with van der Waals surface area (Å²) in [6.45, 7) is 0. The smallest absolute Gasteiger partial charge is 0.348 e. The largest absolute Gasteiger partial charge is 0.477 e. The van der Waals surface area contributed by atoms with Crippen LogP contribution in [0.15, 0.2) is 29.9 Å². The highest BCUT2D eigenvalue weighted by Gasteiger charge is 2.12. The molecule has 0 aliphatic heterocycles. The van der Waals surface area contributed by atoms with E-state index in [1.165, 1.54) is 11.3 Å². The Morgan fingerprint density at radius 1 is 1.62 bits per heavy atom. The fourth-order valence-electron chi connectivity index (χ4n) is 1.05. The van der Waals surface area contributed by atoms with Gasteiger partial charge in [0.25, 0.3) is 0 Å². The van der Waals surface area contributed by atoms with Crippen LogP contribution in [0, 0.1) is 0 Å². The molecule has 1 N–H and O–H groups in total. The van der Waals surface area contributed by atoms with Crippen molar-refractivity contribution >= 4 is 17.3 Å². The highest BCUT2D eigenvalue weighted by molar-refractivity contribution is 7.12. The van der Waals surface area contributed by atoms with Gasteiger partial charge in [-0.15, -0.1) is 11.3 Å². The van der Waals surface area contributed by atoms with Crippen LogP contribution in [-0.4, -0.2) is 20.9 Å². The standard InChI is InChI=1S/C8H6N2O2S/c11-8(12)7-6(2-5-13-7)10-4-1-3-9-10/h1-5H,(H,11,12). The number of hydrogen-bond acceptors (Lipinski definition) is 3. The molecular weight excluding hydrogens is 188 g/mol. The number of aromatic nitrogens is 2. The minimum atomic E-state index is -0.916. The van der Waals surface area contributed by atoms with Gasteiger partial charge < -0.3 is 5.11 Å². The molecule has 2 heterocycles. The fraction of sp³-hybridized carbons (Fsp3) is 0. The predicted octanol–water partition coefficient (Wildman–Crippen LogP) is 1.63. The molecule has 4 nitrogen and oxygen atoms in total. The maximum absolute atomic E-state index is 10.7. The lowest BCUT2D eigenvalue weighted by Crippen LogP contribution is -2.01. The second kappa shape index (κ2) is 3.02. The van der Waals surface area contributed by atoms with Gasteiger partial charge in [0.15, 0.2) is 0 Å². The molecule has 0 atom stereocenters. The van der Waals surface area contributed by atoms with Gasteiger partial charge in [-0.25, -0.2) is 9.48 Å². The summed E-state index contributed by atoms with van der Waals surface area (Å²) in [5, 5.41) is 14.5. The molecule has 0 bridgehead atoms. The van der Waals surface area contributed by atoms with Gasteiger partial charge in [0.2, 0.25) is 0 Å². The van der Waals surface area contributed by atoms with E-state index >= 15 is 0 Å². The van der Waals surface area contributed by atoms with E-state index in [1.54, 1.807) is 34.6 Å². The van der Waals surface area contributed by atoms with E-state index in [2.05, 4.69) is 5.10 Å². The minimum absolute atomic E-state index is 0.309. The summed E-state index contributed by atoms with van der Waals surface area (Å²) in [5.41, 5.74) is 0.613. The Morgan fingerprint density at radius 2 is 2.46 bits per heavy atom. The van der Waals surface area contributed by atoms with Gasteiger partial charge in [0.05, 0.1) is 5.69 Å². The molecule has 5 heteroatoms. The maximum Gasteiger partial charge on any atom is 0.348 e. The number of hydrogen-bond donors (Lipinski definition) is 1.